The van der Waals surface area contributed by atoms with Gasteiger partial charge in [-0.2, -0.15) is 18.4 Å². The second-order valence-corrected chi connectivity index (χ2v) is 4.22. The number of hydrogen-bond donors (Lipinski definition) is 0. The van der Waals surface area contributed by atoms with E-state index in [1.165, 1.54) is 0 Å². The lowest BCUT2D eigenvalue weighted by Gasteiger charge is -2.14. The van der Waals surface area contributed by atoms with Crippen molar-refractivity contribution >= 4 is 5.97 Å². The summed E-state index contributed by atoms with van der Waals surface area (Å²) in [6, 6.07) is 1.97. The Morgan fingerprint density at radius 1 is 1.53 bits per heavy atom. The molecule has 1 aliphatic rings. The van der Waals surface area contributed by atoms with E-state index in [4.69, 9.17) is 10.00 Å². The van der Waals surface area contributed by atoms with Gasteiger partial charge in [0.05, 0.1) is 6.07 Å². The molecule has 2 unspecified atom stereocenters. The number of nitrogens with zero attached hydrogens (tertiary/aromatic N) is 1. The van der Waals surface area contributed by atoms with Crippen LogP contribution < -0.4 is 0 Å². The maximum atomic E-state index is 11.9. The van der Waals surface area contributed by atoms with Crippen molar-refractivity contribution in [3.05, 3.63) is 0 Å². The van der Waals surface area contributed by atoms with Crippen LogP contribution in [0.25, 0.3) is 0 Å². The third-order valence-electron chi connectivity index (χ3n) is 2.71. The zero-order valence-electron chi connectivity index (χ0n) is 9.29. The molecule has 3 nitrogen and oxygen atoms in total. The minimum atomic E-state index is -4.17. The lowest BCUT2D eigenvalue weighted by Crippen LogP contribution is -2.14. The number of halogens is 3. The molecular weight excluding hydrogens is 235 g/mol. The van der Waals surface area contributed by atoms with E-state index in [9.17, 15) is 18.0 Å². The van der Waals surface area contributed by atoms with E-state index in [1.54, 1.807) is 0 Å². The molecule has 17 heavy (non-hydrogen) atoms. The van der Waals surface area contributed by atoms with Gasteiger partial charge in [-0.05, 0) is 19.3 Å². The Hall–Kier alpha value is -1.25. The highest BCUT2D eigenvalue weighted by atomic mass is 19.4. The van der Waals surface area contributed by atoms with Crippen molar-refractivity contribution in [2.45, 2.75) is 50.8 Å². The summed E-state index contributed by atoms with van der Waals surface area (Å²) in [5, 5.41) is 8.81. The highest BCUT2D eigenvalue weighted by Crippen LogP contribution is 2.27. The Kier molecular flexibility index (Phi) is 4.79. The number of rotatable bonds is 5. The molecule has 6 heteroatoms. The SMILES string of the molecule is N#CC(CCCC(F)(F)F)CC1CCC(=O)O1. The summed E-state index contributed by atoms with van der Waals surface area (Å²) in [4.78, 5) is 10.8. The van der Waals surface area contributed by atoms with Crippen LogP contribution >= 0.6 is 0 Å². The zero-order valence-corrected chi connectivity index (χ0v) is 9.29. The Morgan fingerprint density at radius 3 is 2.71 bits per heavy atom. The summed E-state index contributed by atoms with van der Waals surface area (Å²) < 4.78 is 40.7. The highest BCUT2D eigenvalue weighted by molar-refractivity contribution is 5.71. The number of nitriles is 1. The van der Waals surface area contributed by atoms with Gasteiger partial charge < -0.3 is 4.74 Å². The molecule has 1 fully saturated rings. The number of ether oxygens (including phenoxy) is 1. The molecule has 0 N–H and O–H groups in total. The minimum Gasteiger partial charge on any atom is -0.462 e. The Balaban J connectivity index is 2.25. The fourth-order valence-corrected chi connectivity index (χ4v) is 1.85. The fourth-order valence-electron chi connectivity index (χ4n) is 1.85. The maximum absolute atomic E-state index is 11.9. The van der Waals surface area contributed by atoms with Crippen molar-refractivity contribution in [2.75, 3.05) is 0 Å². The van der Waals surface area contributed by atoms with Crippen LogP contribution in [0.5, 0.6) is 0 Å². The van der Waals surface area contributed by atoms with Crippen molar-refractivity contribution < 1.29 is 22.7 Å². The van der Waals surface area contributed by atoms with Crippen LogP contribution in [0, 0.1) is 17.2 Å². The molecule has 1 rings (SSSR count). The zero-order chi connectivity index (χ0) is 12.9. The first-order chi connectivity index (χ1) is 7.90. The quantitative estimate of drug-likeness (QED) is 0.704. The van der Waals surface area contributed by atoms with Crippen LogP contribution in [0.2, 0.25) is 0 Å². The van der Waals surface area contributed by atoms with Crippen LogP contribution in [-0.4, -0.2) is 18.2 Å². The number of carbonyl (C=O) groups excluding carboxylic acids is 1. The van der Waals surface area contributed by atoms with Crippen molar-refractivity contribution in [1.82, 2.24) is 0 Å². The first kappa shape index (κ1) is 13.8. The summed E-state index contributed by atoms with van der Waals surface area (Å²) in [6.45, 7) is 0. The van der Waals surface area contributed by atoms with Crippen molar-refractivity contribution in [1.29, 1.82) is 5.26 Å². The Labute approximate surface area is 97.5 Å². The Morgan fingerprint density at radius 2 is 2.24 bits per heavy atom. The van der Waals surface area contributed by atoms with Crippen LogP contribution in [-0.2, 0) is 9.53 Å². The first-order valence-electron chi connectivity index (χ1n) is 5.56. The average molecular weight is 249 g/mol. The molecule has 0 aromatic rings. The molecule has 0 amide bonds. The molecule has 1 aliphatic heterocycles. The maximum Gasteiger partial charge on any atom is 0.389 e. The van der Waals surface area contributed by atoms with E-state index in [1.807, 2.05) is 6.07 Å². The van der Waals surface area contributed by atoms with Gasteiger partial charge >= 0.3 is 12.1 Å². The number of cyclic esters (lactones) is 1. The van der Waals surface area contributed by atoms with Gasteiger partial charge in [-0.3, -0.25) is 4.79 Å². The van der Waals surface area contributed by atoms with E-state index in [0.717, 1.165) is 0 Å². The lowest BCUT2D eigenvalue weighted by atomic mass is 9.95. The summed E-state index contributed by atoms with van der Waals surface area (Å²) in [5.74, 6) is -0.754. The molecule has 1 heterocycles. The predicted molar refractivity (Wildman–Crippen MR) is 52.7 cm³/mol. The van der Waals surface area contributed by atoms with Crippen LogP contribution in [0.15, 0.2) is 0 Å². The smallest absolute Gasteiger partial charge is 0.389 e. The summed E-state index contributed by atoms with van der Waals surface area (Å²) in [6.07, 6.45) is -3.93. The van der Waals surface area contributed by atoms with Crippen molar-refractivity contribution in [2.24, 2.45) is 5.92 Å². The van der Waals surface area contributed by atoms with E-state index in [-0.39, 0.29) is 24.9 Å². The van der Waals surface area contributed by atoms with Gasteiger partial charge in [0, 0.05) is 25.2 Å². The molecule has 0 bridgehead atoms. The molecule has 0 aromatic heterocycles. The van der Waals surface area contributed by atoms with Crippen LogP contribution in [0.4, 0.5) is 13.2 Å². The second kappa shape index (κ2) is 5.89. The monoisotopic (exact) mass is 249 g/mol. The minimum absolute atomic E-state index is 0.0532. The van der Waals surface area contributed by atoms with E-state index in [2.05, 4.69) is 0 Å². The van der Waals surface area contributed by atoms with Gasteiger partial charge in [0.1, 0.15) is 6.10 Å². The van der Waals surface area contributed by atoms with E-state index in [0.29, 0.717) is 19.3 Å². The number of hydrogen-bond acceptors (Lipinski definition) is 3. The lowest BCUT2D eigenvalue weighted by molar-refractivity contribution is -0.141. The summed E-state index contributed by atoms with van der Waals surface area (Å²) in [7, 11) is 0. The number of alkyl halides is 3. The topological polar surface area (TPSA) is 50.1 Å². The van der Waals surface area contributed by atoms with Gasteiger partial charge in [0.25, 0.3) is 0 Å². The normalized spacial score (nSPS) is 22.0. The Bertz CT molecular complexity index is 309. The van der Waals surface area contributed by atoms with Gasteiger partial charge in [0.15, 0.2) is 0 Å². The van der Waals surface area contributed by atoms with Gasteiger partial charge in [-0.25, -0.2) is 0 Å². The molecule has 0 saturated carbocycles. The molecule has 2 atom stereocenters. The first-order valence-corrected chi connectivity index (χ1v) is 5.56. The van der Waals surface area contributed by atoms with Crippen molar-refractivity contribution in [3.63, 3.8) is 0 Å². The van der Waals surface area contributed by atoms with Crippen molar-refractivity contribution in [3.8, 4) is 6.07 Å². The second-order valence-electron chi connectivity index (χ2n) is 4.22. The molecular formula is C11H14F3NO2. The van der Waals surface area contributed by atoms with Gasteiger partial charge in [0.2, 0.25) is 0 Å². The highest BCUT2D eigenvalue weighted by Gasteiger charge is 2.29. The predicted octanol–water partition coefficient (Wildman–Crippen LogP) is 2.95. The molecule has 0 spiro atoms. The molecule has 0 aromatic carbocycles. The van der Waals surface area contributed by atoms with Gasteiger partial charge in [-0.1, -0.05) is 0 Å². The summed E-state index contributed by atoms with van der Waals surface area (Å²) in [5.41, 5.74) is 0. The molecule has 0 radical (unpaired) electrons. The third kappa shape index (κ3) is 5.57. The standard InChI is InChI=1S/C11H14F3NO2/c12-11(13,14)5-1-2-8(7-15)6-9-3-4-10(16)17-9/h8-9H,1-6H2. The van der Waals surface area contributed by atoms with E-state index < -0.39 is 18.5 Å². The molecule has 96 valence electrons. The number of esters is 1. The van der Waals surface area contributed by atoms with Crippen LogP contribution in [0.1, 0.15) is 38.5 Å². The molecule has 1 saturated heterocycles. The van der Waals surface area contributed by atoms with E-state index >= 15 is 0 Å². The fraction of sp³-hybridized carbons (Fsp3) is 0.818. The van der Waals surface area contributed by atoms with Crippen LogP contribution in [0.3, 0.4) is 0 Å². The van der Waals surface area contributed by atoms with Gasteiger partial charge in [-0.15, -0.1) is 0 Å². The average Bonchev–Trinajstić information content (AvgIpc) is 2.60. The third-order valence-corrected chi connectivity index (χ3v) is 2.71. The molecule has 0 aliphatic carbocycles. The number of carbonyl (C=O) groups is 1. The summed E-state index contributed by atoms with van der Waals surface area (Å²) >= 11 is 0. The largest absolute Gasteiger partial charge is 0.462 e.